The third-order valence-corrected chi connectivity index (χ3v) is 12.4. The van der Waals surface area contributed by atoms with Crippen molar-refractivity contribution in [2.75, 3.05) is 6.61 Å². The first-order chi connectivity index (χ1) is 17.9. The fourth-order valence-electron chi connectivity index (χ4n) is 4.64. The van der Waals surface area contributed by atoms with Gasteiger partial charge in [-0.05, 0) is 66.8 Å². The first-order valence-electron chi connectivity index (χ1n) is 11.8. The third kappa shape index (κ3) is 5.94. The molecule has 1 unspecified atom stereocenters. The minimum absolute atomic E-state index is 0.0957. The van der Waals surface area contributed by atoms with Crippen molar-refractivity contribution in [3.05, 3.63) is 112 Å². The molecule has 0 amide bonds. The van der Waals surface area contributed by atoms with Crippen LogP contribution in [-0.2, 0) is 16.0 Å². The standard InChI is InChI=1S/C29H28O3PS.CH2O2/c1-21-20-34-29(28(32)19-30)26(21)18-27(31)22(2)33(23-12-6-3-7-13-23,24-14-8-4-9-15-24)25-16-10-5-11-17-25;2-1-3/h3-17,20,22,30H,18-19H2,1-2H3;1H,(H,2,3)/q+1;/p-1. The van der Waals surface area contributed by atoms with Gasteiger partial charge in [0.1, 0.15) is 35.4 Å². The second-order valence-corrected chi connectivity index (χ2v) is 13.1. The van der Waals surface area contributed by atoms with E-state index in [9.17, 15) is 14.7 Å². The molecule has 1 N–H and O–H groups in total. The van der Waals surface area contributed by atoms with E-state index in [0.717, 1.165) is 27.0 Å². The highest BCUT2D eigenvalue weighted by Crippen LogP contribution is 2.60. The number of aliphatic hydroxyl groups excluding tert-OH is 1. The van der Waals surface area contributed by atoms with Crippen molar-refractivity contribution in [1.29, 1.82) is 0 Å². The summed E-state index contributed by atoms with van der Waals surface area (Å²) < 4.78 is 0. The lowest BCUT2D eigenvalue weighted by Gasteiger charge is -2.32. The van der Waals surface area contributed by atoms with Gasteiger partial charge in [0.15, 0.2) is 11.6 Å². The highest BCUT2D eigenvalue weighted by Gasteiger charge is 2.53. The molecule has 1 heterocycles. The predicted octanol–water partition coefficient (Wildman–Crippen LogP) is 3.09. The number of aryl methyl sites for hydroxylation is 1. The molecule has 0 bridgehead atoms. The number of carboxylic acid groups (broad SMARTS) is 1. The van der Waals surface area contributed by atoms with Crippen LogP contribution in [0.15, 0.2) is 96.4 Å². The molecule has 4 aromatic rings. The molecule has 0 fully saturated rings. The van der Waals surface area contributed by atoms with E-state index in [2.05, 4.69) is 36.4 Å². The molecular weight excluding hydrogens is 503 g/mol. The number of carbonyl (C=O) groups excluding carboxylic acids is 3. The van der Waals surface area contributed by atoms with Crippen LogP contribution in [-0.4, -0.2) is 35.4 Å². The normalized spacial score (nSPS) is 11.6. The van der Waals surface area contributed by atoms with Crippen LogP contribution in [0, 0.1) is 6.92 Å². The molecule has 0 saturated carbocycles. The SMILES string of the molecule is Cc1csc(C(=O)CO)c1CC(=O)C(C)[P+](c1ccccc1)(c1ccccc1)c1ccccc1.O=C[O-]. The van der Waals surface area contributed by atoms with Crippen LogP contribution in [0.3, 0.4) is 0 Å². The number of carbonyl (C=O) groups is 3. The van der Waals surface area contributed by atoms with Crippen LogP contribution < -0.4 is 21.0 Å². The summed E-state index contributed by atoms with van der Waals surface area (Å²) >= 11 is 1.31. The highest BCUT2D eigenvalue weighted by molar-refractivity contribution is 7.96. The summed E-state index contributed by atoms with van der Waals surface area (Å²) in [7, 11) is -2.36. The highest BCUT2D eigenvalue weighted by atomic mass is 32.1. The molecule has 1 atom stereocenters. The summed E-state index contributed by atoms with van der Waals surface area (Å²) in [5, 5.41) is 23.0. The van der Waals surface area contributed by atoms with Crippen molar-refractivity contribution in [1.82, 2.24) is 0 Å². The van der Waals surface area contributed by atoms with Crippen molar-refractivity contribution in [3.8, 4) is 0 Å². The number of Topliss-reactive ketones (excluding diaryl/α,β-unsaturated/α-hetero) is 2. The Kier molecular flexibility index (Phi) is 10.0. The summed E-state index contributed by atoms with van der Waals surface area (Å²) in [6.07, 6.45) is 0.172. The average molecular weight is 533 g/mol. The largest absolute Gasteiger partial charge is 0.554 e. The molecular formula is C30H29O5PS. The van der Waals surface area contributed by atoms with Gasteiger partial charge >= 0.3 is 0 Å². The number of ketones is 2. The second-order valence-electron chi connectivity index (χ2n) is 8.45. The Morgan fingerprint density at radius 1 is 0.892 bits per heavy atom. The maximum absolute atomic E-state index is 14.1. The van der Waals surface area contributed by atoms with Crippen LogP contribution in [0.2, 0.25) is 0 Å². The maximum atomic E-state index is 14.1. The fraction of sp³-hybridized carbons (Fsp3) is 0.167. The van der Waals surface area contributed by atoms with Gasteiger partial charge in [-0.1, -0.05) is 54.6 Å². The molecule has 7 heteroatoms. The van der Waals surface area contributed by atoms with Crippen molar-refractivity contribution in [2.24, 2.45) is 0 Å². The lowest BCUT2D eigenvalue weighted by molar-refractivity contribution is -0.283. The van der Waals surface area contributed by atoms with E-state index in [1.54, 1.807) is 0 Å². The fourth-order valence-corrected chi connectivity index (χ4v) is 10.3. The first kappa shape index (κ1) is 28.1. The zero-order valence-corrected chi connectivity index (χ0v) is 22.5. The van der Waals surface area contributed by atoms with Gasteiger partial charge in [-0.3, -0.25) is 9.59 Å². The zero-order chi connectivity index (χ0) is 26.8. The van der Waals surface area contributed by atoms with Crippen molar-refractivity contribution in [2.45, 2.75) is 25.9 Å². The van der Waals surface area contributed by atoms with E-state index in [0.29, 0.717) is 4.88 Å². The molecule has 0 aliphatic heterocycles. The van der Waals surface area contributed by atoms with E-state index < -0.39 is 20.3 Å². The van der Waals surface area contributed by atoms with E-state index in [1.165, 1.54) is 11.3 Å². The summed E-state index contributed by atoms with van der Waals surface area (Å²) in [6, 6.07) is 31.0. The molecule has 4 rings (SSSR count). The topological polar surface area (TPSA) is 94.5 Å². The van der Waals surface area contributed by atoms with Crippen LogP contribution in [0.4, 0.5) is 0 Å². The van der Waals surface area contributed by atoms with Crippen LogP contribution >= 0.6 is 18.6 Å². The Bertz CT molecular complexity index is 1220. The summed E-state index contributed by atoms with van der Waals surface area (Å²) in [5.74, 6) is -0.234. The lowest BCUT2D eigenvalue weighted by Crippen LogP contribution is -2.41. The van der Waals surface area contributed by atoms with Gasteiger partial charge in [0.05, 0.1) is 4.88 Å². The van der Waals surface area contributed by atoms with E-state index in [4.69, 9.17) is 9.90 Å². The molecule has 0 spiro atoms. The van der Waals surface area contributed by atoms with Gasteiger partial charge in [0, 0.05) is 12.9 Å². The second kappa shape index (κ2) is 13.2. The monoisotopic (exact) mass is 532 g/mol. The maximum Gasteiger partial charge on any atom is 0.198 e. The number of rotatable bonds is 9. The van der Waals surface area contributed by atoms with Gasteiger partial charge in [-0.25, -0.2) is 0 Å². The van der Waals surface area contributed by atoms with Crippen LogP contribution in [0.25, 0.3) is 0 Å². The van der Waals surface area contributed by atoms with E-state index in [-0.39, 0.29) is 23.6 Å². The Morgan fingerprint density at radius 2 is 1.30 bits per heavy atom. The van der Waals surface area contributed by atoms with Crippen molar-refractivity contribution in [3.63, 3.8) is 0 Å². The van der Waals surface area contributed by atoms with E-state index >= 15 is 0 Å². The van der Waals surface area contributed by atoms with E-state index in [1.807, 2.05) is 73.8 Å². The zero-order valence-electron chi connectivity index (χ0n) is 20.7. The molecule has 0 saturated heterocycles. The molecule has 190 valence electrons. The van der Waals surface area contributed by atoms with Crippen molar-refractivity contribution >= 4 is 52.6 Å². The minimum atomic E-state index is -2.36. The number of thiophene rings is 1. The minimum Gasteiger partial charge on any atom is -0.554 e. The average Bonchev–Trinajstić information content (AvgIpc) is 3.30. The Morgan fingerprint density at radius 3 is 1.68 bits per heavy atom. The molecule has 37 heavy (non-hydrogen) atoms. The Labute approximate surface area is 221 Å². The van der Waals surface area contributed by atoms with Crippen LogP contribution in [0.1, 0.15) is 27.7 Å². The molecule has 3 aromatic carbocycles. The Hall–Kier alpha value is -3.44. The number of hydrogen-bond donors (Lipinski definition) is 1. The number of benzene rings is 3. The lowest BCUT2D eigenvalue weighted by atomic mass is 10.0. The quantitative estimate of drug-likeness (QED) is 0.203. The molecule has 0 radical (unpaired) electrons. The van der Waals surface area contributed by atoms with Crippen LogP contribution in [0.5, 0.6) is 0 Å². The number of aliphatic hydroxyl groups is 1. The van der Waals surface area contributed by atoms with Gasteiger partial charge < -0.3 is 15.0 Å². The third-order valence-electron chi connectivity index (χ3n) is 6.39. The number of hydrogen-bond acceptors (Lipinski definition) is 6. The predicted molar refractivity (Wildman–Crippen MR) is 150 cm³/mol. The van der Waals surface area contributed by atoms with Gasteiger partial charge in [-0.2, -0.15) is 0 Å². The van der Waals surface area contributed by atoms with Crippen molar-refractivity contribution < 1.29 is 24.6 Å². The summed E-state index contributed by atoms with van der Waals surface area (Å²) in [6.45, 7) is 2.91. The summed E-state index contributed by atoms with van der Waals surface area (Å²) in [4.78, 5) is 35.1. The van der Waals surface area contributed by atoms with Gasteiger partial charge in [0.2, 0.25) is 0 Å². The molecule has 0 aliphatic carbocycles. The summed E-state index contributed by atoms with van der Waals surface area (Å²) in [5.41, 5.74) is 1.36. The molecule has 5 nitrogen and oxygen atoms in total. The smallest absolute Gasteiger partial charge is 0.198 e. The first-order valence-corrected chi connectivity index (χ1v) is 14.5. The van der Waals surface area contributed by atoms with Gasteiger partial charge in [0.25, 0.3) is 0 Å². The Balaban J connectivity index is 0.00000121. The molecule has 1 aromatic heterocycles. The molecule has 0 aliphatic rings. The van der Waals surface area contributed by atoms with Gasteiger partial charge in [-0.15, -0.1) is 11.3 Å².